The Bertz CT molecular complexity index is 59.1. The van der Waals surface area contributed by atoms with Gasteiger partial charge in [-0.05, 0) is 12.8 Å². The third-order valence-corrected chi connectivity index (χ3v) is 2.09. The Balaban J connectivity index is 0.00000144. The van der Waals surface area contributed by atoms with Crippen LogP contribution in [0.3, 0.4) is 0 Å². The first-order valence-corrected chi connectivity index (χ1v) is 4.96. The molecule has 1 fully saturated rings. The van der Waals surface area contributed by atoms with Gasteiger partial charge in [0.1, 0.15) is 0 Å². The maximum Gasteiger partial charge on any atom is 0.0113 e. The first-order valence-electron chi connectivity index (χ1n) is 4.96. The smallest absolute Gasteiger partial charge is 0.0113 e. The average Bonchev–Trinajstić information content (AvgIpc) is 2.05. The molecule has 4 nitrogen and oxygen atoms in total. The van der Waals surface area contributed by atoms with Gasteiger partial charge in [-0.15, -0.1) is 0 Å². The number of rotatable bonds is 0. The van der Waals surface area contributed by atoms with Gasteiger partial charge in [-0.1, -0.05) is 25.7 Å². The Kier molecular flexibility index (Phi) is 10.7. The molecule has 1 aliphatic heterocycles. The van der Waals surface area contributed by atoms with Crippen LogP contribution in [0.2, 0.25) is 0 Å². The van der Waals surface area contributed by atoms with E-state index in [0.29, 0.717) is 0 Å². The van der Waals surface area contributed by atoms with E-state index in [2.05, 4.69) is 21.9 Å². The average molecular weight is 231 g/mol. The van der Waals surface area contributed by atoms with Gasteiger partial charge in [-0.25, -0.2) is 10.9 Å². The zero-order valence-corrected chi connectivity index (χ0v) is 9.03. The van der Waals surface area contributed by atoms with Gasteiger partial charge < -0.3 is 0 Å². The molecule has 81 valence electrons. The molecule has 0 spiro atoms. The Morgan fingerprint density at radius 2 is 0.923 bits per heavy atom. The van der Waals surface area contributed by atoms with E-state index in [0.717, 1.165) is 13.1 Å². The quantitative estimate of drug-likeness (QED) is 0.488. The molecule has 1 rings (SSSR count). The van der Waals surface area contributed by atoms with Crippen LogP contribution in [-0.4, -0.2) is 13.1 Å². The van der Waals surface area contributed by atoms with Crippen LogP contribution in [-0.2, 0) is 16.8 Å². The summed E-state index contributed by atoms with van der Waals surface area (Å²) >= 11 is 0. The van der Waals surface area contributed by atoms with Crippen molar-refractivity contribution in [2.45, 2.75) is 38.5 Å². The summed E-state index contributed by atoms with van der Waals surface area (Å²) in [5.41, 5.74) is 11.9. The first-order chi connectivity index (χ1) is 6.00. The predicted octanol–water partition coefficient (Wildman–Crippen LogP) is 0.442. The summed E-state index contributed by atoms with van der Waals surface area (Å²) in [6, 6.07) is 0. The van der Waals surface area contributed by atoms with Crippen molar-refractivity contribution in [1.82, 2.24) is 21.9 Å². The second kappa shape index (κ2) is 10.4. The van der Waals surface area contributed by atoms with Gasteiger partial charge in [0.15, 0.2) is 0 Å². The van der Waals surface area contributed by atoms with E-state index in [9.17, 15) is 0 Å². The molecule has 0 saturated carbocycles. The van der Waals surface area contributed by atoms with Gasteiger partial charge in [0.25, 0.3) is 0 Å². The van der Waals surface area contributed by atoms with E-state index in [1.807, 2.05) is 0 Å². The largest absolute Gasteiger partial charge is 0.243 e. The summed E-state index contributed by atoms with van der Waals surface area (Å²) in [5, 5.41) is 0. The molecular weight excluding hydrogens is 211 g/mol. The van der Waals surface area contributed by atoms with E-state index in [4.69, 9.17) is 0 Å². The Morgan fingerprint density at radius 3 is 1.38 bits per heavy atom. The third kappa shape index (κ3) is 8.67. The van der Waals surface area contributed by atoms with Crippen LogP contribution in [0.5, 0.6) is 0 Å². The van der Waals surface area contributed by atoms with Crippen molar-refractivity contribution in [3.8, 4) is 0 Å². The molecule has 13 heavy (non-hydrogen) atoms. The fourth-order valence-corrected chi connectivity index (χ4v) is 1.35. The van der Waals surface area contributed by atoms with Crippen molar-refractivity contribution in [2.75, 3.05) is 13.1 Å². The predicted molar refractivity (Wildman–Crippen MR) is 50.0 cm³/mol. The molecule has 5 heteroatoms. The van der Waals surface area contributed by atoms with Crippen LogP contribution in [0.15, 0.2) is 0 Å². The van der Waals surface area contributed by atoms with Crippen molar-refractivity contribution >= 4 is 0 Å². The summed E-state index contributed by atoms with van der Waals surface area (Å²) < 4.78 is 0. The second-order valence-corrected chi connectivity index (χ2v) is 3.22. The summed E-state index contributed by atoms with van der Waals surface area (Å²) in [6.45, 7) is 2.07. The van der Waals surface area contributed by atoms with E-state index >= 15 is 0 Å². The molecule has 1 heterocycles. The molecule has 4 N–H and O–H groups in total. The van der Waals surface area contributed by atoms with Gasteiger partial charge in [-0.3, -0.25) is 0 Å². The molecule has 0 bridgehead atoms. The minimum atomic E-state index is 0. The van der Waals surface area contributed by atoms with Gasteiger partial charge >= 0.3 is 0 Å². The number of hydrogen-bond donors (Lipinski definition) is 4. The molecule has 1 saturated heterocycles. The van der Waals surface area contributed by atoms with E-state index < -0.39 is 0 Å². The van der Waals surface area contributed by atoms with Gasteiger partial charge in [-0.2, -0.15) is 11.1 Å². The molecule has 0 aromatic heterocycles. The molecule has 1 aliphatic rings. The molecule has 0 aromatic carbocycles. The fraction of sp³-hybridized carbons (Fsp3) is 1.00. The minimum absolute atomic E-state index is 0. The summed E-state index contributed by atoms with van der Waals surface area (Å²) in [7, 11) is 0. The van der Waals surface area contributed by atoms with Gasteiger partial charge in [0.05, 0.1) is 0 Å². The van der Waals surface area contributed by atoms with Gasteiger partial charge in [0.2, 0.25) is 0 Å². The van der Waals surface area contributed by atoms with Crippen LogP contribution in [0.25, 0.3) is 0 Å². The number of hydrogen-bond acceptors (Lipinski definition) is 4. The molecule has 0 aliphatic carbocycles. The molecule has 0 aromatic rings. The maximum atomic E-state index is 3.08. The second-order valence-electron chi connectivity index (χ2n) is 3.22. The van der Waals surface area contributed by atoms with E-state index in [1.165, 1.54) is 38.5 Å². The number of hydrazine groups is 3. The maximum absolute atomic E-state index is 3.08. The summed E-state index contributed by atoms with van der Waals surface area (Å²) in [4.78, 5) is 0. The Hall–Kier alpha value is 0.346. The van der Waals surface area contributed by atoms with Crippen molar-refractivity contribution in [3.63, 3.8) is 0 Å². The summed E-state index contributed by atoms with van der Waals surface area (Å²) in [6.07, 6.45) is 7.98. The van der Waals surface area contributed by atoms with E-state index in [-0.39, 0.29) is 16.8 Å². The van der Waals surface area contributed by atoms with Crippen LogP contribution in [0.1, 0.15) is 38.5 Å². The van der Waals surface area contributed by atoms with Crippen molar-refractivity contribution < 1.29 is 16.8 Å². The molecule has 0 amide bonds. The Labute approximate surface area is 90.7 Å². The zero-order chi connectivity index (χ0) is 8.49. The number of nitrogens with one attached hydrogen (secondary N) is 4. The first kappa shape index (κ1) is 13.3. The van der Waals surface area contributed by atoms with Gasteiger partial charge in [0, 0.05) is 29.9 Å². The third-order valence-electron chi connectivity index (χ3n) is 2.09. The van der Waals surface area contributed by atoms with E-state index in [1.54, 1.807) is 0 Å². The van der Waals surface area contributed by atoms with Crippen LogP contribution in [0.4, 0.5) is 0 Å². The molecular formula is C8H20CoN4. The SMILES string of the molecule is C1CCCCNNNNCCC1.[Co]. The molecule has 0 unspecified atom stereocenters. The van der Waals surface area contributed by atoms with Crippen molar-refractivity contribution in [1.29, 1.82) is 0 Å². The van der Waals surface area contributed by atoms with Crippen molar-refractivity contribution in [3.05, 3.63) is 0 Å². The normalized spacial score (nSPS) is 22.2. The van der Waals surface area contributed by atoms with Crippen LogP contribution < -0.4 is 21.9 Å². The standard InChI is InChI=1S/C8H20N4.Co/c1-2-4-6-8-10-12-11-9-7-5-3-1;/h9-12H,1-8H2;. The van der Waals surface area contributed by atoms with Crippen molar-refractivity contribution in [2.24, 2.45) is 0 Å². The molecule has 0 atom stereocenters. The summed E-state index contributed by atoms with van der Waals surface area (Å²) in [5.74, 6) is 0. The molecule has 1 radical (unpaired) electrons. The fourth-order valence-electron chi connectivity index (χ4n) is 1.35. The monoisotopic (exact) mass is 231 g/mol. The minimum Gasteiger partial charge on any atom is -0.243 e. The van der Waals surface area contributed by atoms with Crippen LogP contribution in [0, 0.1) is 0 Å². The topological polar surface area (TPSA) is 48.1 Å². The zero-order valence-electron chi connectivity index (χ0n) is 7.99. The Morgan fingerprint density at radius 1 is 0.538 bits per heavy atom. The van der Waals surface area contributed by atoms with Crippen LogP contribution >= 0.6 is 0 Å².